The maximum Gasteiger partial charge on any atom is 0.253 e. The van der Waals surface area contributed by atoms with Crippen LogP contribution in [0.15, 0.2) is 77.7 Å². The summed E-state index contributed by atoms with van der Waals surface area (Å²) in [5.74, 6) is -0.109. The van der Waals surface area contributed by atoms with Crippen molar-refractivity contribution in [3.8, 4) is 6.07 Å². The van der Waals surface area contributed by atoms with Crippen molar-refractivity contribution in [2.45, 2.75) is 29.4 Å². The molecule has 1 fully saturated rings. The molecule has 0 spiro atoms. The Labute approximate surface area is 214 Å². The van der Waals surface area contributed by atoms with Gasteiger partial charge in [0.25, 0.3) is 5.91 Å². The summed E-state index contributed by atoms with van der Waals surface area (Å²) in [6.07, 6.45) is 3.07. The molecule has 0 saturated carbocycles. The van der Waals surface area contributed by atoms with Crippen LogP contribution < -0.4 is 4.72 Å². The van der Waals surface area contributed by atoms with Crippen molar-refractivity contribution >= 4 is 32.4 Å². The average molecular weight is 522 g/mol. The predicted molar refractivity (Wildman–Crippen MR) is 140 cm³/mol. The molecule has 1 heterocycles. The van der Waals surface area contributed by atoms with Gasteiger partial charge >= 0.3 is 0 Å². The fourth-order valence-corrected chi connectivity index (χ4v) is 6.37. The number of benzene rings is 3. The lowest BCUT2D eigenvalue weighted by atomic mass is 9.89. The molecular formula is C27H27N3O4S2. The standard InChI is InChI=1S/C27H27N3O4S2/c1-35(32)26-12-11-24(17-25(26)29-36(33,34)19-21-5-3-2-4-6-21)27(31)30-15-13-23(14-16-30)22-9-7-20(18-28)8-10-22/h2-12,17,23,29H,13-16,19H2,1H3. The Balaban J connectivity index is 1.48. The van der Waals surface area contributed by atoms with Gasteiger partial charge in [0.1, 0.15) is 0 Å². The van der Waals surface area contributed by atoms with E-state index in [9.17, 15) is 17.4 Å². The van der Waals surface area contributed by atoms with Crippen LogP contribution in [0.3, 0.4) is 0 Å². The molecule has 1 saturated heterocycles. The first-order valence-corrected chi connectivity index (χ1v) is 14.8. The van der Waals surface area contributed by atoms with Crippen LogP contribution in [0.2, 0.25) is 0 Å². The minimum atomic E-state index is -3.78. The number of rotatable bonds is 7. The van der Waals surface area contributed by atoms with Gasteiger partial charge in [-0.25, -0.2) is 8.42 Å². The molecule has 186 valence electrons. The normalized spacial score (nSPS) is 15.2. The Morgan fingerprint density at radius 3 is 2.33 bits per heavy atom. The van der Waals surface area contributed by atoms with E-state index in [4.69, 9.17) is 5.26 Å². The van der Waals surface area contributed by atoms with Crippen LogP contribution in [0.5, 0.6) is 0 Å². The Hall–Kier alpha value is -3.48. The number of anilines is 1. The molecule has 1 amide bonds. The molecule has 0 aromatic heterocycles. The maximum absolute atomic E-state index is 13.3. The van der Waals surface area contributed by atoms with Crippen LogP contribution in [0.4, 0.5) is 5.69 Å². The van der Waals surface area contributed by atoms with Gasteiger partial charge in [0.15, 0.2) is 0 Å². The average Bonchev–Trinajstić information content (AvgIpc) is 2.88. The first kappa shape index (κ1) is 25.6. The second-order valence-electron chi connectivity index (χ2n) is 8.81. The number of hydrogen-bond acceptors (Lipinski definition) is 5. The van der Waals surface area contributed by atoms with Crippen LogP contribution in [-0.2, 0) is 26.6 Å². The number of carbonyl (C=O) groups is 1. The zero-order valence-corrected chi connectivity index (χ0v) is 21.5. The first-order chi connectivity index (χ1) is 17.3. The first-order valence-electron chi connectivity index (χ1n) is 11.6. The summed E-state index contributed by atoms with van der Waals surface area (Å²) in [7, 11) is -5.23. The zero-order chi connectivity index (χ0) is 25.7. The fourth-order valence-electron chi connectivity index (χ4n) is 4.42. The molecule has 1 unspecified atom stereocenters. The summed E-state index contributed by atoms with van der Waals surface area (Å²) in [5.41, 5.74) is 2.91. The van der Waals surface area contributed by atoms with Crippen LogP contribution in [0, 0.1) is 11.3 Å². The van der Waals surface area contributed by atoms with Crippen LogP contribution >= 0.6 is 0 Å². The van der Waals surface area contributed by atoms with Gasteiger partial charge < -0.3 is 4.90 Å². The van der Waals surface area contributed by atoms with E-state index in [-0.39, 0.29) is 17.3 Å². The predicted octanol–water partition coefficient (Wildman–Crippen LogP) is 4.26. The summed E-state index contributed by atoms with van der Waals surface area (Å²) in [6, 6.07) is 23.1. The fraction of sp³-hybridized carbons (Fsp3) is 0.259. The second-order valence-corrected chi connectivity index (χ2v) is 11.9. The van der Waals surface area contributed by atoms with Gasteiger partial charge in [-0.15, -0.1) is 0 Å². The summed E-state index contributed by atoms with van der Waals surface area (Å²) in [6.45, 7) is 1.14. The van der Waals surface area contributed by atoms with Crippen LogP contribution in [0.25, 0.3) is 0 Å². The lowest BCUT2D eigenvalue weighted by Crippen LogP contribution is -2.38. The van der Waals surface area contributed by atoms with E-state index in [1.807, 2.05) is 30.3 Å². The smallest absolute Gasteiger partial charge is 0.253 e. The largest absolute Gasteiger partial charge is 0.339 e. The Bertz CT molecular complexity index is 1410. The van der Waals surface area contributed by atoms with Crippen molar-refractivity contribution in [3.63, 3.8) is 0 Å². The molecule has 0 bridgehead atoms. The van der Waals surface area contributed by atoms with E-state index in [0.717, 1.165) is 18.4 Å². The number of carbonyl (C=O) groups excluding carboxylic acids is 1. The highest BCUT2D eigenvalue weighted by Crippen LogP contribution is 2.30. The molecule has 3 aromatic carbocycles. The van der Waals surface area contributed by atoms with Gasteiger partial charge in [-0.05, 0) is 60.2 Å². The number of nitrogens with one attached hydrogen (secondary N) is 1. The number of piperidine rings is 1. The molecule has 0 radical (unpaired) electrons. The molecule has 1 aliphatic heterocycles. The van der Waals surface area contributed by atoms with Crippen molar-refractivity contribution in [1.29, 1.82) is 5.26 Å². The van der Waals surface area contributed by atoms with E-state index < -0.39 is 20.8 Å². The third kappa shape index (κ3) is 6.20. The topological polar surface area (TPSA) is 107 Å². The number of nitrogens with zero attached hydrogens (tertiary/aromatic N) is 2. The third-order valence-electron chi connectivity index (χ3n) is 6.29. The molecule has 1 aliphatic rings. The van der Waals surface area contributed by atoms with Gasteiger partial charge in [0.05, 0.1) is 38.8 Å². The summed E-state index contributed by atoms with van der Waals surface area (Å²) < 4.78 is 40.4. The second kappa shape index (κ2) is 11.1. The highest BCUT2D eigenvalue weighted by Gasteiger charge is 2.26. The van der Waals surface area contributed by atoms with E-state index in [2.05, 4.69) is 10.8 Å². The monoisotopic (exact) mass is 521 g/mol. The van der Waals surface area contributed by atoms with Crippen LogP contribution in [-0.4, -0.2) is 42.8 Å². The summed E-state index contributed by atoms with van der Waals surface area (Å²) >= 11 is 0. The van der Waals surface area contributed by atoms with Gasteiger partial charge in [-0.1, -0.05) is 42.5 Å². The summed E-state index contributed by atoms with van der Waals surface area (Å²) in [5, 5.41) is 8.99. The molecule has 1 N–H and O–H groups in total. The SMILES string of the molecule is CS(=O)c1ccc(C(=O)N2CCC(c3ccc(C#N)cc3)CC2)cc1NS(=O)(=O)Cc1ccccc1. The van der Waals surface area contributed by atoms with Gasteiger partial charge in [0.2, 0.25) is 10.0 Å². The third-order valence-corrected chi connectivity index (χ3v) is 8.51. The lowest BCUT2D eigenvalue weighted by molar-refractivity contribution is 0.0713. The molecule has 7 nitrogen and oxygen atoms in total. The van der Waals surface area contributed by atoms with Crippen molar-refractivity contribution in [2.75, 3.05) is 24.1 Å². The molecule has 1 atom stereocenters. The highest BCUT2D eigenvalue weighted by molar-refractivity contribution is 7.92. The van der Waals surface area contributed by atoms with Crippen molar-refractivity contribution in [2.24, 2.45) is 0 Å². The Morgan fingerprint density at radius 1 is 1.06 bits per heavy atom. The van der Waals surface area contributed by atoms with Gasteiger partial charge in [-0.3, -0.25) is 13.7 Å². The zero-order valence-electron chi connectivity index (χ0n) is 19.9. The maximum atomic E-state index is 13.3. The molecular weight excluding hydrogens is 494 g/mol. The van der Waals surface area contributed by atoms with E-state index in [0.29, 0.717) is 40.6 Å². The van der Waals surface area contributed by atoms with Crippen molar-refractivity contribution in [3.05, 3.63) is 95.1 Å². The Morgan fingerprint density at radius 2 is 1.72 bits per heavy atom. The van der Waals surface area contributed by atoms with E-state index >= 15 is 0 Å². The van der Waals surface area contributed by atoms with Crippen molar-refractivity contribution < 1.29 is 17.4 Å². The lowest BCUT2D eigenvalue weighted by Gasteiger charge is -2.32. The van der Waals surface area contributed by atoms with Crippen LogP contribution in [0.1, 0.15) is 45.8 Å². The van der Waals surface area contributed by atoms with Crippen molar-refractivity contribution in [1.82, 2.24) is 4.90 Å². The van der Waals surface area contributed by atoms with E-state index in [1.54, 1.807) is 41.3 Å². The van der Waals surface area contributed by atoms with E-state index in [1.165, 1.54) is 12.3 Å². The van der Waals surface area contributed by atoms with Gasteiger partial charge in [-0.2, -0.15) is 5.26 Å². The summed E-state index contributed by atoms with van der Waals surface area (Å²) in [4.78, 5) is 15.3. The number of amides is 1. The highest BCUT2D eigenvalue weighted by atomic mass is 32.2. The minimum Gasteiger partial charge on any atom is -0.339 e. The van der Waals surface area contributed by atoms with Gasteiger partial charge in [0, 0.05) is 24.9 Å². The molecule has 0 aliphatic carbocycles. The quantitative estimate of drug-likeness (QED) is 0.500. The number of hydrogen-bond donors (Lipinski definition) is 1. The molecule has 4 rings (SSSR count). The molecule has 9 heteroatoms. The molecule has 36 heavy (non-hydrogen) atoms. The number of sulfonamides is 1. The Kier molecular flexibility index (Phi) is 7.87. The number of likely N-dealkylation sites (tertiary alicyclic amines) is 1. The minimum absolute atomic E-state index is 0.157. The molecule has 3 aromatic rings. The number of nitriles is 1.